The summed E-state index contributed by atoms with van der Waals surface area (Å²) >= 11 is 0. The Labute approximate surface area is 98.3 Å². The highest BCUT2D eigenvalue weighted by Gasteiger charge is 2.63. The normalized spacial score (nSPS) is 48.7. The molecule has 88 valence electrons. The van der Waals surface area contributed by atoms with E-state index in [-0.39, 0.29) is 0 Å². The van der Waals surface area contributed by atoms with Gasteiger partial charge in [-0.15, -0.1) is 0 Å². The van der Waals surface area contributed by atoms with Gasteiger partial charge in [0.2, 0.25) is 0 Å². The van der Waals surface area contributed by atoms with Gasteiger partial charge in [0, 0.05) is 0 Å². The topological polar surface area (TPSA) is 17.1 Å². The van der Waals surface area contributed by atoms with E-state index < -0.39 is 0 Å². The molecule has 2 bridgehead atoms. The van der Waals surface area contributed by atoms with Gasteiger partial charge < -0.3 is 0 Å². The third kappa shape index (κ3) is 1.00. The monoisotopic (exact) mass is 218 g/mol. The molecule has 4 atom stereocenters. The molecule has 0 heterocycles. The van der Waals surface area contributed by atoms with Gasteiger partial charge in [-0.3, -0.25) is 4.79 Å². The zero-order valence-corrected chi connectivity index (χ0v) is 10.6. The van der Waals surface area contributed by atoms with Crippen LogP contribution in [0.3, 0.4) is 0 Å². The second-order valence-electron chi connectivity index (χ2n) is 6.87. The van der Waals surface area contributed by atoms with E-state index >= 15 is 0 Å². The van der Waals surface area contributed by atoms with Crippen molar-refractivity contribution in [1.82, 2.24) is 0 Å². The SMILES string of the molecule is C[C@@H]1CC[C@H]2C(C)(C)[C@H]3C[C@@]12CC=C3C=O. The number of rotatable bonds is 1. The van der Waals surface area contributed by atoms with Gasteiger partial charge in [-0.2, -0.15) is 0 Å². The number of carbonyl (C=O) groups excluding carboxylic acids is 1. The van der Waals surface area contributed by atoms with Gasteiger partial charge in [-0.05, 0) is 59.8 Å². The van der Waals surface area contributed by atoms with E-state index in [1.54, 1.807) is 0 Å². The van der Waals surface area contributed by atoms with Gasteiger partial charge >= 0.3 is 0 Å². The summed E-state index contributed by atoms with van der Waals surface area (Å²) in [5.74, 6) is 2.23. The molecule has 0 radical (unpaired) electrons. The number of hydrogen-bond donors (Lipinski definition) is 0. The van der Waals surface area contributed by atoms with Crippen molar-refractivity contribution in [3.63, 3.8) is 0 Å². The zero-order chi connectivity index (χ0) is 11.6. The molecule has 1 nitrogen and oxygen atoms in total. The Bertz CT molecular complexity index is 366. The zero-order valence-electron chi connectivity index (χ0n) is 10.6. The molecule has 0 amide bonds. The van der Waals surface area contributed by atoms with Gasteiger partial charge in [-0.25, -0.2) is 0 Å². The van der Waals surface area contributed by atoms with Crippen LogP contribution in [0, 0.1) is 28.6 Å². The maximum Gasteiger partial charge on any atom is 0.146 e. The van der Waals surface area contributed by atoms with Crippen LogP contribution in [0.1, 0.15) is 46.5 Å². The smallest absolute Gasteiger partial charge is 0.146 e. The summed E-state index contributed by atoms with van der Waals surface area (Å²) in [6, 6.07) is 0. The van der Waals surface area contributed by atoms with E-state index in [0.29, 0.717) is 16.7 Å². The molecular weight excluding hydrogens is 196 g/mol. The Balaban J connectivity index is 2.10. The van der Waals surface area contributed by atoms with Crippen LogP contribution < -0.4 is 0 Å². The average molecular weight is 218 g/mol. The number of aldehydes is 1. The Kier molecular flexibility index (Phi) is 1.98. The number of hydrogen-bond acceptors (Lipinski definition) is 1. The predicted molar refractivity (Wildman–Crippen MR) is 65.0 cm³/mol. The Morgan fingerprint density at radius 1 is 1.38 bits per heavy atom. The average Bonchev–Trinajstić information content (AvgIpc) is 2.65. The van der Waals surface area contributed by atoms with E-state index in [4.69, 9.17) is 0 Å². The summed E-state index contributed by atoms with van der Waals surface area (Å²) in [5, 5.41) is 0. The third-order valence-corrected chi connectivity index (χ3v) is 6.20. The highest BCUT2D eigenvalue weighted by molar-refractivity contribution is 5.75. The first kappa shape index (κ1) is 10.6. The van der Waals surface area contributed by atoms with Crippen molar-refractivity contribution in [2.24, 2.45) is 28.6 Å². The molecule has 0 aliphatic heterocycles. The lowest BCUT2D eigenvalue weighted by molar-refractivity contribution is -0.105. The molecule has 16 heavy (non-hydrogen) atoms. The maximum atomic E-state index is 11.2. The first-order valence-electron chi connectivity index (χ1n) is 6.67. The van der Waals surface area contributed by atoms with Crippen molar-refractivity contribution in [2.75, 3.05) is 0 Å². The van der Waals surface area contributed by atoms with Crippen molar-refractivity contribution >= 4 is 6.29 Å². The second-order valence-corrected chi connectivity index (χ2v) is 6.87. The molecule has 0 aromatic carbocycles. The summed E-state index contributed by atoms with van der Waals surface area (Å²) < 4.78 is 0. The molecule has 0 unspecified atom stereocenters. The lowest BCUT2D eigenvalue weighted by atomic mass is 9.68. The van der Waals surface area contributed by atoms with Crippen molar-refractivity contribution in [1.29, 1.82) is 0 Å². The number of allylic oxidation sites excluding steroid dienone is 2. The van der Waals surface area contributed by atoms with Gasteiger partial charge in [0.05, 0.1) is 0 Å². The van der Waals surface area contributed by atoms with E-state index in [9.17, 15) is 4.79 Å². The fraction of sp³-hybridized carbons (Fsp3) is 0.800. The molecule has 0 aromatic rings. The number of carbonyl (C=O) groups is 1. The number of fused-ring (bicyclic) bond motifs is 1. The van der Waals surface area contributed by atoms with E-state index in [2.05, 4.69) is 26.8 Å². The lowest BCUT2D eigenvalue weighted by Gasteiger charge is -2.36. The largest absolute Gasteiger partial charge is 0.298 e. The predicted octanol–water partition coefficient (Wildman–Crippen LogP) is 3.59. The van der Waals surface area contributed by atoms with Crippen molar-refractivity contribution < 1.29 is 4.79 Å². The highest BCUT2D eigenvalue weighted by atomic mass is 16.1. The maximum absolute atomic E-state index is 11.2. The van der Waals surface area contributed by atoms with Crippen LogP contribution in [0.2, 0.25) is 0 Å². The van der Waals surface area contributed by atoms with Crippen LogP contribution in [0.25, 0.3) is 0 Å². The fourth-order valence-electron chi connectivity index (χ4n) is 5.23. The van der Waals surface area contributed by atoms with Crippen LogP contribution >= 0.6 is 0 Å². The van der Waals surface area contributed by atoms with Crippen LogP contribution in [-0.2, 0) is 4.79 Å². The van der Waals surface area contributed by atoms with Crippen LogP contribution in [-0.4, -0.2) is 6.29 Å². The van der Waals surface area contributed by atoms with Crippen molar-refractivity contribution in [3.8, 4) is 0 Å². The minimum atomic E-state index is 0.341. The molecule has 0 aromatic heterocycles. The van der Waals surface area contributed by atoms with Crippen LogP contribution in [0.4, 0.5) is 0 Å². The third-order valence-electron chi connectivity index (χ3n) is 6.20. The molecule has 3 rings (SSSR count). The molecule has 1 spiro atoms. The highest BCUT2D eigenvalue weighted by Crippen LogP contribution is 2.70. The quantitative estimate of drug-likeness (QED) is 0.615. The molecule has 2 saturated carbocycles. The lowest BCUT2D eigenvalue weighted by Crippen LogP contribution is -2.30. The van der Waals surface area contributed by atoms with Crippen molar-refractivity contribution in [2.45, 2.75) is 46.5 Å². The van der Waals surface area contributed by atoms with Gasteiger partial charge in [0.25, 0.3) is 0 Å². The van der Waals surface area contributed by atoms with E-state index in [0.717, 1.165) is 30.1 Å². The van der Waals surface area contributed by atoms with E-state index in [1.165, 1.54) is 19.3 Å². The first-order valence-corrected chi connectivity index (χ1v) is 6.67. The molecule has 1 heteroatoms. The Hall–Kier alpha value is -0.590. The summed E-state index contributed by atoms with van der Waals surface area (Å²) in [7, 11) is 0. The Morgan fingerprint density at radius 2 is 2.12 bits per heavy atom. The molecular formula is C15H22O. The minimum absolute atomic E-state index is 0.341. The second kappa shape index (κ2) is 3.00. The fourth-order valence-corrected chi connectivity index (χ4v) is 5.23. The van der Waals surface area contributed by atoms with Gasteiger partial charge in [0.1, 0.15) is 6.29 Å². The van der Waals surface area contributed by atoms with E-state index in [1.807, 2.05) is 0 Å². The standard InChI is InChI=1S/C15H22O/c1-10-4-5-13-14(2,3)12-8-15(10,13)7-6-11(12)9-16/h6,9-10,12-13H,4-5,7-8H2,1-3H3/t10-,12+,13+,15+/m1/s1. The first-order chi connectivity index (χ1) is 7.52. The summed E-state index contributed by atoms with van der Waals surface area (Å²) in [6.45, 7) is 7.22. The Morgan fingerprint density at radius 3 is 2.81 bits per heavy atom. The summed E-state index contributed by atoms with van der Waals surface area (Å²) in [4.78, 5) is 11.2. The summed E-state index contributed by atoms with van der Waals surface area (Å²) in [6.07, 6.45) is 8.58. The summed E-state index contributed by atoms with van der Waals surface area (Å²) in [5.41, 5.74) is 1.98. The minimum Gasteiger partial charge on any atom is -0.298 e. The van der Waals surface area contributed by atoms with Crippen LogP contribution in [0.15, 0.2) is 11.6 Å². The molecule has 0 saturated heterocycles. The molecule has 2 fully saturated rings. The van der Waals surface area contributed by atoms with Gasteiger partial charge in [-0.1, -0.05) is 26.8 Å². The van der Waals surface area contributed by atoms with Crippen molar-refractivity contribution in [3.05, 3.63) is 11.6 Å². The van der Waals surface area contributed by atoms with Gasteiger partial charge in [0.15, 0.2) is 0 Å². The van der Waals surface area contributed by atoms with Crippen LogP contribution in [0.5, 0.6) is 0 Å². The molecule has 0 N–H and O–H groups in total. The molecule has 3 aliphatic rings. The molecule has 3 aliphatic carbocycles.